The van der Waals surface area contributed by atoms with E-state index in [1.165, 1.54) is 55.3 Å². The van der Waals surface area contributed by atoms with E-state index < -0.39 is 36.3 Å². The minimum Gasteiger partial charge on any atom is -0.478 e. The highest BCUT2D eigenvalue weighted by atomic mass is 79.9. The van der Waals surface area contributed by atoms with Gasteiger partial charge in [0.1, 0.15) is 17.5 Å². The number of nitrogens with one attached hydrogen (secondary N) is 2. The maximum Gasteiger partial charge on any atom is 0.496 e. The number of halogens is 1. The van der Waals surface area contributed by atoms with Crippen molar-refractivity contribution < 1.29 is 43.1 Å². The van der Waals surface area contributed by atoms with E-state index in [0.29, 0.717) is 34.5 Å². The number of pyridine rings is 6. The second-order valence-corrected chi connectivity index (χ2v) is 19.0. The molecule has 0 aromatic carbocycles. The monoisotopic (exact) mass is 1040 g/mol. The summed E-state index contributed by atoms with van der Waals surface area (Å²) in [7, 11) is 2.17. The lowest BCUT2D eigenvalue weighted by molar-refractivity contribution is 0.00578. The molecule has 72 heavy (non-hydrogen) atoms. The maximum absolute atomic E-state index is 11.5. The van der Waals surface area contributed by atoms with Crippen molar-refractivity contribution in [2.24, 2.45) is 5.73 Å². The van der Waals surface area contributed by atoms with Gasteiger partial charge in [0.05, 0.1) is 42.1 Å². The van der Waals surface area contributed by atoms with Gasteiger partial charge in [0.25, 0.3) is 0 Å². The molecular formula is C51H56BBrN10O9. The second kappa shape index (κ2) is 23.3. The van der Waals surface area contributed by atoms with Crippen LogP contribution in [0.2, 0.25) is 0 Å². The molecule has 19 nitrogen and oxygen atoms in total. The molecule has 0 aliphatic carbocycles. The van der Waals surface area contributed by atoms with Crippen molar-refractivity contribution in [3.8, 4) is 22.3 Å². The number of aromatic carboxylic acids is 1. The van der Waals surface area contributed by atoms with Crippen LogP contribution in [0, 0.1) is 0 Å². The predicted octanol–water partition coefficient (Wildman–Crippen LogP) is 7.33. The van der Waals surface area contributed by atoms with Gasteiger partial charge in [-0.3, -0.25) is 19.9 Å². The van der Waals surface area contributed by atoms with Gasteiger partial charge in [-0.05, 0) is 135 Å². The number of fused-ring (bicyclic) bond motifs is 3. The largest absolute Gasteiger partial charge is 0.496 e. The Balaban J connectivity index is 0.000000144. The number of carbonyl (C=O) groups is 4. The lowest BCUT2D eigenvalue weighted by Crippen LogP contribution is -2.41. The highest BCUT2D eigenvalue weighted by Crippen LogP contribution is 2.36. The summed E-state index contributed by atoms with van der Waals surface area (Å²) in [6, 6.07) is 10.6. The molecule has 1 saturated heterocycles. The third kappa shape index (κ3) is 12.7. The van der Waals surface area contributed by atoms with Gasteiger partial charge in [-0.25, -0.2) is 34.1 Å². The van der Waals surface area contributed by atoms with Crippen molar-refractivity contribution in [3.63, 3.8) is 0 Å². The number of nitrogens with zero attached hydrogens (tertiary/aromatic N) is 7. The number of nitrogens with two attached hydrogens (primary N) is 1. The van der Waals surface area contributed by atoms with Crippen LogP contribution in [0.25, 0.3) is 22.3 Å². The summed E-state index contributed by atoms with van der Waals surface area (Å²) in [5.41, 5.74) is 12.9. The van der Waals surface area contributed by atoms with E-state index in [9.17, 15) is 19.2 Å². The summed E-state index contributed by atoms with van der Waals surface area (Å²) < 4.78 is 22.3. The van der Waals surface area contributed by atoms with Crippen molar-refractivity contribution in [2.45, 2.75) is 77.4 Å². The fourth-order valence-corrected chi connectivity index (χ4v) is 8.37. The topological polar surface area (TPSA) is 256 Å². The lowest BCUT2D eigenvalue weighted by atomic mass is 9.80. The lowest BCUT2D eigenvalue weighted by Gasteiger charge is -2.32. The first-order chi connectivity index (χ1) is 34.5. The van der Waals surface area contributed by atoms with E-state index in [1.54, 1.807) is 49.2 Å². The smallest absolute Gasteiger partial charge is 0.478 e. The van der Waals surface area contributed by atoms with Gasteiger partial charge in [-0.2, -0.15) is 0 Å². The number of rotatable bonds is 6. The molecular weight excluding hydrogens is 987 g/mol. The van der Waals surface area contributed by atoms with Crippen molar-refractivity contribution in [2.75, 3.05) is 49.4 Å². The molecule has 0 spiro atoms. The van der Waals surface area contributed by atoms with Gasteiger partial charge in [0.2, 0.25) is 0 Å². The number of carboxylic acid groups (broad SMARTS) is 1. The number of hydrogen-bond acceptors (Lipinski definition) is 16. The summed E-state index contributed by atoms with van der Waals surface area (Å²) in [5, 5.41) is 15.6. The van der Waals surface area contributed by atoms with Crippen LogP contribution in [-0.2, 0) is 38.0 Å². The number of aromatic nitrogens is 6. The zero-order chi connectivity index (χ0) is 51.6. The average Bonchev–Trinajstić information content (AvgIpc) is 3.63. The Hall–Kier alpha value is -7.36. The van der Waals surface area contributed by atoms with E-state index >= 15 is 0 Å². The van der Waals surface area contributed by atoms with Gasteiger partial charge in [0.15, 0.2) is 0 Å². The predicted molar refractivity (Wildman–Crippen MR) is 275 cm³/mol. The zero-order valence-electron chi connectivity index (χ0n) is 40.9. The normalized spacial score (nSPS) is 15.5. The molecule has 4 aliphatic heterocycles. The SMILES string of the molecule is Brc1cnc2c(c1)CCCN2.COC(=O)c1cncc(-c2cnc3c(c2)CCCN3)c1.COC(=O)c1cncc(B2OC(C)(C)C(C)(C)O2)c1.NC(=O)N1CCCc2cc(-c3cncc(C(=O)O)c3)cnc21. The zero-order valence-corrected chi connectivity index (χ0v) is 42.5. The van der Waals surface area contributed by atoms with Crippen molar-refractivity contribution in [1.29, 1.82) is 0 Å². The van der Waals surface area contributed by atoms with Crippen LogP contribution in [0.15, 0.2) is 96.6 Å². The highest BCUT2D eigenvalue weighted by Gasteiger charge is 2.52. The van der Waals surface area contributed by atoms with Crippen LogP contribution in [0.4, 0.5) is 22.2 Å². The van der Waals surface area contributed by atoms with Gasteiger partial charge in [0, 0.05) is 108 Å². The Morgan fingerprint density at radius 1 is 0.639 bits per heavy atom. The average molecular weight is 1040 g/mol. The van der Waals surface area contributed by atoms with E-state index in [-0.39, 0.29) is 11.5 Å². The number of primary amides is 1. The maximum atomic E-state index is 11.5. The molecule has 10 heterocycles. The van der Waals surface area contributed by atoms with Crippen molar-refractivity contribution >= 4 is 69.9 Å². The number of amides is 2. The second-order valence-electron chi connectivity index (χ2n) is 18.1. The summed E-state index contributed by atoms with van der Waals surface area (Å²) in [5.74, 6) is 0.749. The molecule has 0 atom stereocenters. The Morgan fingerprint density at radius 2 is 1.12 bits per heavy atom. The standard InChI is InChI=1S/C15H14N4O3.C15H15N3O2.C13H18BNO4.C8H9BrN2/c16-15(22)19-3-1-2-9-4-11(8-18-13(9)19)10-5-12(14(20)21)7-17-6-10;1-20-15(19)13-6-11(7-16-8-13)12-5-10-3-2-4-17-14(10)18-9-12;1-12(2)13(3,4)19-14(18-12)10-6-9(7-15-8-10)11(16)17-5;9-7-4-6-2-1-3-10-8(6)11-5-7/h4-8H,1-3H2,(H2,16,22)(H,20,21);5-9H,2-4H2,1H3,(H,17,18);6-8H,1-5H3;4-5H,1-3H2,(H,10,11). The number of carbonyl (C=O) groups excluding carboxylic acids is 3. The van der Waals surface area contributed by atoms with Crippen LogP contribution in [-0.4, -0.2) is 111 Å². The van der Waals surface area contributed by atoms with Gasteiger partial charge in [-0.15, -0.1) is 0 Å². The number of esters is 2. The van der Waals surface area contributed by atoms with Crippen LogP contribution < -0.4 is 26.7 Å². The van der Waals surface area contributed by atoms with Crippen LogP contribution in [0.3, 0.4) is 0 Å². The Morgan fingerprint density at radius 3 is 1.71 bits per heavy atom. The van der Waals surface area contributed by atoms with Crippen molar-refractivity contribution in [1.82, 2.24) is 29.9 Å². The molecule has 21 heteroatoms. The first-order valence-electron chi connectivity index (χ1n) is 23.2. The third-order valence-corrected chi connectivity index (χ3v) is 13.0. The number of anilines is 3. The molecule has 5 N–H and O–H groups in total. The molecule has 4 aliphatic rings. The van der Waals surface area contributed by atoms with Crippen LogP contribution in [0.5, 0.6) is 0 Å². The van der Waals surface area contributed by atoms with E-state index in [0.717, 1.165) is 83.6 Å². The first-order valence-corrected chi connectivity index (χ1v) is 24.0. The van der Waals surface area contributed by atoms with E-state index in [4.69, 9.17) is 24.9 Å². The summed E-state index contributed by atoms with van der Waals surface area (Å²) >= 11 is 3.40. The summed E-state index contributed by atoms with van der Waals surface area (Å²) in [6.07, 6.45) is 20.5. The Bertz CT molecular complexity index is 2950. The molecule has 0 bridgehead atoms. The molecule has 2 amide bonds. The van der Waals surface area contributed by atoms with Gasteiger partial charge < -0.3 is 40.3 Å². The minimum absolute atomic E-state index is 0.119. The fourth-order valence-electron chi connectivity index (χ4n) is 7.99. The number of aryl methyl sites for hydroxylation is 3. The quantitative estimate of drug-likeness (QED) is 0.0940. The molecule has 0 unspecified atom stereocenters. The van der Waals surface area contributed by atoms with Gasteiger partial charge >= 0.3 is 31.1 Å². The minimum atomic E-state index is -1.03. The molecule has 6 aromatic heterocycles. The summed E-state index contributed by atoms with van der Waals surface area (Å²) in [6.45, 7) is 10.5. The molecule has 0 radical (unpaired) electrons. The van der Waals surface area contributed by atoms with Gasteiger partial charge in [-0.1, -0.05) is 0 Å². The number of hydrogen-bond donors (Lipinski definition) is 4. The number of carboxylic acids is 1. The molecule has 0 saturated carbocycles. The number of ether oxygens (including phenoxy) is 2. The molecule has 6 aromatic rings. The molecule has 10 rings (SSSR count). The Kier molecular flexibility index (Phi) is 16.9. The van der Waals surface area contributed by atoms with Crippen LogP contribution in [0.1, 0.15) is 94.7 Å². The molecule has 374 valence electrons. The number of methoxy groups -OCH3 is 2. The highest BCUT2D eigenvalue weighted by molar-refractivity contribution is 9.10. The number of urea groups is 1. The fraction of sp³-hybridized carbons (Fsp3) is 0.333. The summed E-state index contributed by atoms with van der Waals surface area (Å²) in [4.78, 5) is 72.0. The first kappa shape index (κ1) is 52.5. The third-order valence-electron chi connectivity index (χ3n) is 12.5. The van der Waals surface area contributed by atoms with Crippen molar-refractivity contribution in [3.05, 3.63) is 130 Å². The Labute approximate surface area is 426 Å². The van der Waals surface area contributed by atoms with E-state index in [1.807, 2.05) is 40.0 Å². The van der Waals surface area contributed by atoms with Crippen LogP contribution >= 0.6 is 15.9 Å². The van der Waals surface area contributed by atoms with E-state index in [2.05, 4.69) is 73.3 Å². The molecule has 1 fully saturated rings.